The van der Waals surface area contributed by atoms with Crippen molar-refractivity contribution in [2.75, 3.05) is 23.4 Å². The predicted molar refractivity (Wildman–Crippen MR) is 74.0 cm³/mol. The van der Waals surface area contributed by atoms with E-state index in [-0.39, 0.29) is 5.92 Å². The van der Waals surface area contributed by atoms with Crippen molar-refractivity contribution in [1.82, 2.24) is 9.97 Å². The van der Waals surface area contributed by atoms with Crippen molar-refractivity contribution in [2.24, 2.45) is 5.84 Å². The molecule has 2 aliphatic rings. The predicted octanol–water partition coefficient (Wildman–Crippen LogP) is 1.25. The van der Waals surface area contributed by atoms with E-state index < -0.39 is 0 Å². The van der Waals surface area contributed by atoms with E-state index in [1.807, 2.05) is 6.07 Å². The molecule has 104 valence electrons. The first-order valence-corrected chi connectivity index (χ1v) is 6.91. The average molecular weight is 263 g/mol. The molecule has 19 heavy (non-hydrogen) atoms. The lowest BCUT2D eigenvalue weighted by molar-refractivity contribution is 0.0302. The summed E-state index contributed by atoms with van der Waals surface area (Å²) in [7, 11) is 0. The van der Waals surface area contributed by atoms with Crippen LogP contribution in [0.5, 0.6) is 0 Å². The van der Waals surface area contributed by atoms with Crippen molar-refractivity contribution in [3.05, 3.63) is 11.9 Å². The molecule has 1 aromatic heterocycles. The Hall–Kier alpha value is -1.40. The van der Waals surface area contributed by atoms with Gasteiger partial charge in [-0.25, -0.2) is 15.8 Å². The fourth-order valence-electron chi connectivity index (χ4n) is 2.75. The van der Waals surface area contributed by atoms with Crippen molar-refractivity contribution in [3.8, 4) is 0 Å². The van der Waals surface area contributed by atoms with E-state index in [2.05, 4.69) is 34.1 Å². The second-order valence-corrected chi connectivity index (χ2v) is 5.63. The molecule has 2 saturated heterocycles. The fraction of sp³-hybridized carbons (Fsp3) is 0.692. The van der Waals surface area contributed by atoms with Crippen LogP contribution >= 0.6 is 0 Å². The van der Waals surface area contributed by atoms with Gasteiger partial charge in [0, 0.05) is 25.1 Å². The number of nitrogens with one attached hydrogen (secondary N) is 1. The topological polar surface area (TPSA) is 76.3 Å². The average Bonchev–Trinajstić information content (AvgIpc) is 2.76. The highest BCUT2D eigenvalue weighted by atomic mass is 16.5. The summed E-state index contributed by atoms with van der Waals surface area (Å²) in [5.41, 5.74) is 2.63. The Morgan fingerprint density at radius 1 is 1.32 bits per heavy atom. The monoisotopic (exact) mass is 263 g/mol. The minimum atomic E-state index is 0.282. The van der Waals surface area contributed by atoms with E-state index in [9.17, 15) is 0 Å². The minimum Gasteiger partial charge on any atom is -0.371 e. The van der Waals surface area contributed by atoms with Crippen molar-refractivity contribution < 1.29 is 4.74 Å². The molecule has 0 spiro atoms. The molecule has 2 fully saturated rings. The van der Waals surface area contributed by atoms with Crippen molar-refractivity contribution in [2.45, 2.75) is 44.8 Å². The molecule has 0 saturated carbocycles. The molecule has 2 atom stereocenters. The highest BCUT2D eigenvalue weighted by Crippen LogP contribution is 2.30. The van der Waals surface area contributed by atoms with Gasteiger partial charge >= 0.3 is 0 Å². The summed E-state index contributed by atoms with van der Waals surface area (Å²) in [6.45, 7) is 5.99. The van der Waals surface area contributed by atoms with Gasteiger partial charge in [0.05, 0.1) is 12.2 Å². The highest BCUT2D eigenvalue weighted by Gasteiger charge is 2.34. The smallest absolute Gasteiger partial charge is 0.145 e. The second kappa shape index (κ2) is 4.94. The normalized spacial score (nSPS) is 26.0. The molecule has 0 aliphatic carbocycles. The Morgan fingerprint density at radius 3 is 2.58 bits per heavy atom. The molecular formula is C13H21N5O. The van der Waals surface area contributed by atoms with Gasteiger partial charge in [0.2, 0.25) is 0 Å². The molecule has 0 amide bonds. The van der Waals surface area contributed by atoms with Crippen LogP contribution in [0.1, 0.15) is 38.4 Å². The van der Waals surface area contributed by atoms with Crippen LogP contribution in [0.15, 0.2) is 6.07 Å². The Labute approximate surface area is 113 Å². The first-order chi connectivity index (χ1) is 9.15. The Morgan fingerprint density at radius 2 is 2.00 bits per heavy atom. The van der Waals surface area contributed by atoms with Gasteiger partial charge in [-0.2, -0.15) is 0 Å². The second-order valence-electron chi connectivity index (χ2n) is 5.63. The number of hydrazine groups is 1. The molecule has 0 radical (unpaired) electrons. The van der Waals surface area contributed by atoms with Gasteiger partial charge in [0.1, 0.15) is 17.5 Å². The maximum Gasteiger partial charge on any atom is 0.145 e. The highest BCUT2D eigenvalue weighted by molar-refractivity contribution is 5.49. The van der Waals surface area contributed by atoms with Crippen LogP contribution in [0.2, 0.25) is 0 Å². The summed E-state index contributed by atoms with van der Waals surface area (Å²) in [6, 6.07) is 1.91. The number of morpholine rings is 1. The number of ether oxygens (including phenoxy) is 1. The molecule has 3 N–H and O–H groups in total. The number of nitrogens with zero attached hydrogens (tertiary/aromatic N) is 3. The molecule has 2 unspecified atom stereocenters. The first kappa shape index (κ1) is 12.6. The Bertz CT molecular complexity index is 452. The van der Waals surface area contributed by atoms with Crippen LogP contribution in [-0.2, 0) is 4.74 Å². The van der Waals surface area contributed by atoms with Crippen LogP contribution in [0.25, 0.3) is 0 Å². The molecule has 3 rings (SSSR count). The van der Waals surface area contributed by atoms with Gasteiger partial charge in [-0.15, -0.1) is 0 Å². The van der Waals surface area contributed by atoms with Gasteiger partial charge in [-0.05, 0) is 12.8 Å². The quantitative estimate of drug-likeness (QED) is 0.631. The third-order valence-electron chi connectivity index (χ3n) is 3.76. The van der Waals surface area contributed by atoms with Crippen molar-refractivity contribution in [3.63, 3.8) is 0 Å². The lowest BCUT2D eigenvalue weighted by Gasteiger charge is -2.33. The number of nitrogens with two attached hydrogens (primary N) is 1. The molecule has 1 aromatic rings. The number of nitrogen functional groups attached to an aromatic ring is 1. The summed E-state index contributed by atoms with van der Waals surface area (Å²) in [6.07, 6.45) is 3.02. The van der Waals surface area contributed by atoms with E-state index in [1.165, 1.54) is 0 Å². The van der Waals surface area contributed by atoms with Crippen LogP contribution in [0.3, 0.4) is 0 Å². The fourth-order valence-corrected chi connectivity index (χ4v) is 2.75. The number of fused-ring (bicyclic) bond motifs is 2. The van der Waals surface area contributed by atoms with Gasteiger partial charge in [0.15, 0.2) is 0 Å². The van der Waals surface area contributed by atoms with Gasteiger partial charge in [-0.1, -0.05) is 13.8 Å². The summed E-state index contributed by atoms with van der Waals surface area (Å²) in [4.78, 5) is 11.4. The number of anilines is 2. The number of hydrogen-bond donors (Lipinski definition) is 2. The summed E-state index contributed by atoms with van der Waals surface area (Å²) >= 11 is 0. The SMILES string of the molecule is CC(C)c1nc(NN)cc(N2CC3CCC(C2)O3)n1. The van der Waals surface area contributed by atoms with Crippen molar-refractivity contribution >= 4 is 11.6 Å². The Balaban J connectivity index is 1.89. The number of rotatable bonds is 3. The lowest BCUT2D eigenvalue weighted by atomic mass is 10.2. The molecule has 6 heteroatoms. The zero-order valence-corrected chi connectivity index (χ0v) is 11.5. The summed E-state index contributed by atoms with van der Waals surface area (Å²) in [5.74, 6) is 8.23. The zero-order valence-electron chi connectivity index (χ0n) is 11.5. The lowest BCUT2D eigenvalue weighted by Crippen LogP contribution is -2.43. The maximum atomic E-state index is 5.86. The maximum absolute atomic E-state index is 5.86. The van der Waals surface area contributed by atoms with Crippen LogP contribution in [0, 0.1) is 0 Å². The third-order valence-corrected chi connectivity index (χ3v) is 3.76. The van der Waals surface area contributed by atoms with Gasteiger partial charge < -0.3 is 15.1 Å². The number of hydrogen-bond acceptors (Lipinski definition) is 6. The molecule has 0 aromatic carbocycles. The van der Waals surface area contributed by atoms with E-state index >= 15 is 0 Å². The molecule has 2 bridgehead atoms. The van der Waals surface area contributed by atoms with Crippen LogP contribution in [0.4, 0.5) is 11.6 Å². The van der Waals surface area contributed by atoms with E-state index in [0.29, 0.717) is 18.0 Å². The molecule has 3 heterocycles. The third kappa shape index (κ3) is 2.50. The number of aromatic nitrogens is 2. The summed E-state index contributed by atoms with van der Waals surface area (Å²) < 4.78 is 5.86. The van der Waals surface area contributed by atoms with E-state index in [0.717, 1.165) is 37.6 Å². The largest absolute Gasteiger partial charge is 0.371 e. The summed E-state index contributed by atoms with van der Waals surface area (Å²) in [5, 5.41) is 0. The minimum absolute atomic E-state index is 0.282. The molecular weight excluding hydrogens is 242 g/mol. The standard InChI is InChI=1S/C13H21N5O/c1-8(2)13-15-11(17-14)5-12(16-13)18-6-9-3-4-10(7-18)19-9/h5,8-10H,3-4,6-7,14H2,1-2H3,(H,15,16,17). The molecule has 6 nitrogen and oxygen atoms in total. The van der Waals surface area contributed by atoms with Crippen LogP contribution in [-0.4, -0.2) is 35.3 Å². The zero-order chi connectivity index (χ0) is 13.4. The first-order valence-electron chi connectivity index (χ1n) is 6.91. The molecule has 2 aliphatic heterocycles. The van der Waals surface area contributed by atoms with E-state index in [1.54, 1.807) is 0 Å². The van der Waals surface area contributed by atoms with Crippen molar-refractivity contribution in [1.29, 1.82) is 0 Å². The van der Waals surface area contributed by atoms with Crippen LogP contribution < -0.4 is 16.2 Å². The van der Waals surface area contributed by atoms with Gasteiger partial charge in [0.25, 0.3) is 0 Å². The Kier molecular flexibility index (Phi) is 3.28. The van der Waals surface area contributed by atoms with Gasteiger partial charge in [-0.3, -0.25) is 0 Å². The van der Waals surface area contributed by atoms with E-state index in [4.69, 9.17) is 10.6 Å².